The number of carbonyl (C=O) groups excluding carboxylic acids is 3. The summed E-state index contributed by atoms with van der Waals surface area (Å²) in [6.45, 7) is 0.949. The van der Waals surface area contributed by atoms with Gasteiger partial charge in [-0.3, -0.25) is 19.4 Å². The van der Waals surface area contributed by atoms with Crippen LogP contribution in [0.2, 0.25) is 0 Å². The van der Waals surface area contributed by atoms with Crippen LogP contribution in [0.3, 0.4) is 0 Å². The molecule has 1 heterocycles. The van der Waals surface area contributed by atoms with E-state index < -0.39 is 21.8 Å². The third-order valence-corrected chi connectivity index (χ3v) is 6.35. The van der Waals surface area contributed by atoms with Gasteiger partial charge in [-0.05, 0) is 48.4 Å². The highest BCUT2D eigenvalue weighted by Gasteiger charge is 2.20. The average Bonchev–Trinajstić information content (AvgIpc) is 2.89. The molecule has 0 spiro atoms. The zero-order valence-electron chi connectivity index (χ0n) is 19.6. The van der Waals surface area contributed by atoms with Crippen molar-refractivity contribution >= 4 is 27.7 Å². The number of pyridine rings is 1. The van der Waals surface area contributed by atoms with E-state index in [1.54, 1.807) is 36.4 Å². The fourth-order valence-corrected chi connectivity index (χ4v) is 4.18. The monoisotopic (exact) mass is 510 g/mol. The molecule has 36 heavy (non-hydrogen) atoms. The smallest absolute Gasteiger partial charge is 0.269 e. The fraction of sp³-hybridized carbons (Fsp3) is 0.200. The van der Waals surface area contributed by atoms with Gasteiger partial charge in [-0.25, -0.2) is 13.1 Å². The molecule has 0 fully saturated rings. The quantitative estimate of drug-likeness (QED) is 0.332. The first-order chi connectivity index (χ1) is 17.3. The number of ether oxygens (including phenoxy) is 1. The van der Waals surface area contributed by atoms with Crippen molar-refractivity contribution in [3.05, 3.63) is 95.3 Å². The van der Waals surface area contributed by atoms with Gasteiger partial charge in [0.15, 0.2) is 0 Å². The summed E-state index contributed by atoms with van der Waals surface area (Å²) in [7, 11) is -2.66. The predicted octanol–water partition coefficient (Wildman–Crippen LogP) is 1.55. The van der Waals surface area contributed by atoms with Crippen molar-refractivity contribution in [2.75, 3.05) is 26.8 Å². The topological polar surface area (TPSA) is 144 Å². The molecule has 3 rings (SSSR count). The van der Waals surface area contributed by atoms with Crippen LogP contribution < -0.4 is 15.4 Å². The van der Waals surface area contributed by atoms with Crippen LogP contribution in [-0.4, -0.2) is 57.9 Å². The second kappa shape index (κ2) is 12.6. The van der Waals surface area contributed by atoms with Crippen LogP contribution >= 0.6 is 0 Å². The summed E-state index contributed by atoms with van der Waals surface area (Å²) < 4.78 is 32.4. The Hall–Kier alpha value is -4.09. The second-order valence-electron chi connectivity index (χ2n) is 7.63. The lowest BCUT2D eigenvalue weighted by Gasteiger charge is -2.10. The molecule has 0 saturated carbocycles. The molecule has 2 aromatic carbocycles. The van der Waals surface area contributed by atoms with Crippen LogP contribution in [0.1, 0.15) is 36.8 Å². The van der Waals surface area contributed by atoms with E-state index in [0.29, 0.717) is 37.2 Å². The average molecular weight is 511 g/mol. The third-order valence-electron chi connectivity index (χ3n) is 5.02. The minimum Gasteiger partial charge on any atom is -0.383 e. The Bertz CT molecular complexity index is 1310. The first-order valence-electron chi connectivity index (χ1n) is 11.0. The largest absolute Gasteiger partial charge is 0.383 e. The van der Waals surface area contributed by atoms with Crippen molar-refractivity contribution in [1.82, 2.24) is 20.3 Å². The molecule has 0 unspecified atom stereocenters. The zero-order valence-corrected chi connectivity index (χ0v) is 20.4. The highest BCUT2D eigenvalue weighted by atomic mass is 32.2. The molecule has 0 aliphatic carbocycles. The number of aromatic nitrogens is 1. The van der Waals surface area contributed by atoms with Crippen molar-refractivity contribution in [3.63, 3.8) is 0 Å². The lowest BCUT2D eigenvalue weighted by Crippen LogP contribution is -2.31. The lowest BCUT2D eigenvalue weighted by atomic mass is 10.1. The number of rotatable bonds is 11. The summed E-state index contributed by atoms with van der Waals surface area (Å²) in [6, 6.07) is 17.5. The van der Waals surface area contributed by atoms with Gasteiger partial charge in [0, 0.05) is 32.0 Å². The molecule has 0 aliphatic heterocycles. The molecule has 0 bridgehead atoms. The Kier molecular flexibility index (Phi) is 9.25. The molecular formula is C25H26N4O6S. The molecular weight excluding hydrogens is 484 g/mol. The number of nitrogens with zero attached hydrogens (tertiary/aromatic N) is 1. The second-order valence-corrected chi connectivity index (χ2v) is 9.32. The molecule has 0 saturated heterocycles. The molecule has 0 aliphatic rings. The van der Waals surface area contributed by atoms with Crippen molar-refractivity contribution in [1.29, 1.82) is 0 Å². The van der Waals surface area contributed by atoms with Gasteiger partial charge in [0.1, 0.15) is 5.69 Å². The minimum absolute atomic E-state index is 0.0215. The Morgan fingerprint density at radius 3 is 2.28 bits per heavy atom. The molecule has 3 amide bonds. The summed E-state index contributed by atoms with van der Waals surface area (Å²) in [4.78, 5) is 40.5. The number of amides is 3. The van der Waals surface area contributed by atoms with Crippen LogP contribution in [0.25, 0.3) is 0 Å². The standard InChI is InChI=1S/C25H26N4O6S/c1-35-15-14-27-25(32)22-11-10-20(17-28-22)24(31)29-36(33,34)21-9-5-6-18(16-21)12-13-26-23(30)19-7-3-2-4-8-19/h2-11,16-17H,12-15H2,1H3,(H,26,30)(H,27,32)(H,29,31). The van der Waals surface area contributed by atoms with Crippen molar-refractivity contribution in [2.45, 2.75) is 11.3 Å². The molecule has 3 aromatic rings. The number of hydrogen-bond acceptors (Lipinski definition) is 7. The van der Waals surface area contributed by atoms with Crippen LogP contribution in [-0.2, 0) is 21.2 Å². The van der Waals surface area contributed by atoms with E-state index in [1.165, 1.54) is 31.4 Å². The van der Waals surface area contributed by atoms with E-state index in [2.05, 4.69) is 15.6 Å². The van der Waals surface area contributed by atoms with Gasteiger partial charge in [-0.2, -0.15) is 0 Å². The van der Waals surface area contributed by atoms with E-state index in [0.717, 1.165) is 6.20 Å². The van der Waals surface area contributed by atoms with Crippen LogP contribution in [0.5, 0.6) is 0 Å². The number of hydrogen-bond donors (Lipinski definition) is 3. The van der Waals surface area contributed by atoms with Crippen molar-refractivity contribution in [3.8, 4) is 0 Å². The molecule has 3 N–H and O–H groups in total. The Morgan fingerprint density at radius 1 is 0.833 bits per heavy atom. The molecule has 10 nitrogen and oxygen atoms in total. The van der Waals surface area contributed by atoms with E-state index >= 15 is 0 Å². The van der Waals surface area contributed by atoms with Crippen LogP contribution in [0, 0.1) is 0 Å². The van der Waals surface area contributed by atoms with Gasteiger partial charge >= 0.3 is 0 Å². The zero-order chi connectivity index (χ0) is 26.0. The van der Waals surface area contributed by atoms with Crippen LogP contribution in [0.15, 0.2) is 77.8 Å². The maximum absolute atomic E-state index is 12.8. The Balaban J connectivity index is 1.58. The summed E-state index contributed by atoms with van der Waals surface area (Å²) in [5.41, 5.74) is 1.26. The maximum atomic E-state index is 12.8. The van der Waals surface area contributed by atoms with E-state index in [-0.39, 0.29) is 22.1 Å². The van der Waals surface area contributed by atoms with Gasteiger partial charge in [0.25, 0.3) is 27.7 Å². The number of methoxy groups -OCH3 is 1. The summed E-state index contributed by atoms with van der Waals surface area (Å²) >= 11 is 0. The number of benzene rings is 2. The van der Waals surface area contributed by atoms with Gasteiger partial charge in [-0.15, -0.1) is 0 Å². The third kappa shape index (κ3) is 7.45. The normalized spacial score (nSPS) is 10.9. The summed E-state index contributed by atoms with van der Waals surface area (Å²) in [5.74, 6) is -1.54. The van der Waals surface area contributed by atoms with E-state index in [9.17, 15) is 22.8 Å². The fourth-order valence-electron chi connectivity index (χ4n) is 3.14. The summed E-state index contributed by atoms with van der Waals surface area (Å²) in [5, 5.41) is 5.38. The van der Waals surface area contributed by atoms with Gasteiger partial charge in [-0.1, -0.05) is 30.3 Å². The molecule has 11 heteroatoms. The molecule has 0 atom stereocenters. The van der Waals surface area contributed by atoms with Gasteiger partial charge in [0.2, 0.25) is 0 Å². The Morgan fingerprint density at radius 2 is 1.58 bits per heavy atom. The van der Waals surface area contributed by atoms with Crippen LogP contribution in [0.4, 0.5) is 0 Å². The predicted molar refractivity (Wildman–Crippen MR) is 132 cm³/mol. The van der Waals surface area contributed by atoms with E-state index in [1.807, 2.05) is 10.8 Å². The van der Waals surface area contributed by atoms with Gasteiger partial charge in [0.05, 0.1) is 17.1 Å². The first-order valence-corrected chi connectivity index (χ1v) is 12.5. The summed E-state index contributed by atoms with van der Waals surface area (Å²) in [6.07, 6.45) is 1.52. The van der Waals surface area contributed by atoms with Crippen molar-refractivity contribution < 1.29 is 27.5 Å². The highest BCUT2D eigenvalue weighted by molar-refractivity contribution is 7.90. The molecule has 1 aromatic heterocycles. The lowest BCUT2D eigenvalue weighted by molar-refractivity contribution is 0.0927. The maximum Gasteiger partial charge on any atom is 0.269 e. The minimum atomic E-state index is -4.16. The number of nitrogens with one attached hydrogen (secondary N) is 3. The first kappa shape index (κ1) is 26.5. The molecule has 0 radical (unpaired) electrons. The molecule has 188 valence electrons. The van der Waals surface area contributed by atoms with E-state index in [4.69, 9.17) is 4.74 Å². The highest BCUT2D eigenvalue weighted by Crippen LogP contribution is 2.13. The Labute approximate surface area is 209 Å². The SMILES string of the molecule is COCCNC(=O)c1ccc(C(=O)NS(=O)(=O)c2cccc(CCNC(=O)c3ccccc3)c2)cn1. The van der Waals surface area contributed by atoms with Crippen molar-refractivity contribution in [2.24, 2.45) is 0 Å². The number of sulfonamides is 1. The number of carbonyl (C=O) groups is 3. The van der Waals surface area contributed by atoms with Gasteiger partial charge < -0.3 is 15.4 Å².